The summed E-state index contributed by atoms with van der Waals surface area (Å²) in [5.41, 5.74) is 6.22. The number of fused-ring (bicyclic) bond motifs is 1. The van der Waals surface area contributed by atoms with Crippen molar-refractivity contribution in [2.75, 3.05) is 94.5 Å². The van der Waals surface area contributed by atoms with Crippen molar-refractivity contribution >= 4 is 29.3 Å². The number of likely N-dealkylation sites (N-methyl/N-ethyl adjacent to an activating group) is 1. The summed E-state index contributed by atoms with van der Waals surface area (Å²) in [4.78, 5) is 48.9. The molecule has 3 aromatic heterocycles. The van der Waals surface area contributed by atoms with Crippen LogP contribution >= 0.6 is 0 Å². The highest BCUT2D eigenvalue weighted by Crippen LogP contribution is 2.39. The minimum atomic E-state index is -0.0247. The molecule has 56 heavy (non-hydrogen) atoms. The Kier molecular flexibility index (Phi) is 11.2. The van der Waals surface area contributed by atoms with E-state index in [1.165, 1.54) is 0 Å². The first kappa shape index (κ1) is 37.1. The van der Waals surface area contributed by atoms with E-state index in [9.17, 15) is 4.79 Å². The Bertz CT molecular complexity index is 2040. The van der Waals surface area contributed by atoms with Gasteiger partial charge in [-0.15, -0.1) is 0 Å². The number of aromatic nitrogens is 5. The topological polar surface area (TPSA) is 125 Å². The van der Waals surface area contributed by atoms with Crippen LogP contribution in [0.5, 0.6) is 11.5 Å². The fourth-order valence-corrected chi connectivity index (χ4v) is 7.45. The number of methoxy groups -OCH3 is 2. The third-order valence-corrected chi connectivity index (χ3v) is 10.8. The maximum Gasteiger partial charge on any atom is 0.272 e. The third kappa shape index (κ3) is 8.07. The minimum absolute atomic E-state index is 0.0247. The van der Waals surface area contributed by atoms with Crippen molar-refractivity contribution in [3.8, 4) is 22.8 Å². The normalized spacial score (nSPS) is 15.8. The molecule has 2 aromatic carbocycles. The molecule has 2 fully saturated rings. The second-order valence-electron chi connectivity index (χ2n) is 14.1. The zero-order valence-electron chi connectivity index (χ0n) is 32.3. The van der Waals surface area contributed by atoms with Gasteiger partial charge in [-0.25, -0.2) is 19.9 Å². The van der Waals surface area contributed by atoms with Gasteiger partial charge in [-0.3, -0.25) is 4.79 Å². The van der Waals surface area contributed by atoms with E-state index in [4.69, 9.17) is 34.1 Å². The van der Waals surface area contributed by atoms with Crippen molar-refractivity contribution in [1.82, 2.24) is 34.7 Å². The zero-order valence-corrected chi connectivity index (χ0v) is 32.3. The molecule has 0 aliphatic carbocycles. The summed E-state index contributed by atoms with van der Waals surface area (Å²) < 4.78 is 16.4. The van der Waals surface area contributed by atoms with Gasteiger partial charge in [0.25, 0.3) is 5.91 Å². The quantitative estimate of drug-likeness (QED) is 0.172. The van der Waals surface area contributed by atoms with Gasteiger partial charge in [0.1, 0.15) is 23.0 Å². The molecule has 5 aromatic rings. The SMILES string of the molecule is CCN1CCN(C(=O)c2ccc(N3CCc4c(-c5cnc(N(Cc6ccc(OC)cc6)Cc6ccc(OC)cc6)nc5)nc(N5CCOCC5)nc43)cn2)CC1. The number of piperazine rings is 1. The van der Waals surface area contributed by atoms with Gasteiger partial charge in [-0.05, 0) is 60.5 Å². The Balaban J connectivity index is 1.08. The van der Waals surface area contributed by atoms with Crippen LogP contribution in [0.25, 0.3) is 11.3 Å². The fraction of sp³-hybridized carbons (Fsp3) is 0.381. The van der Waals surface area contributed by atoms with Crippen LogP contribution in [0.1, 0.15) is 34.1 Å². The van der Waals surface area contributed by atoms with Gasteiger partial charge in [-0.1, -0.05) is 31.2 Å². The Morgan fingerprint density at radius 2 is 1.39 bits per heavy atom. The van der Waals surface area contributed by atoms with Crippen molar-refractivity contribution in [2.24, 2.45) is 0 Å². The van der Waals surface area contributed by atoms with E-state index in [2.05, 4.69) is 55.8 Å². The van der Waals surface area contributed by atoms with Crippen LogP contribution in [-0.4, -0.2) is 120 Å². The first-order valence-electron chi connectivity index (χ1n) is 19.3. The van der Waals surface area contributed by atoms with Gasteiger partial charge >= 0.3 is 0 Å². The van der Waals surface area contributed by atoms with E-state index in [0.717, 1.165) is 77.0 Å². The standard InChI is InChI=1S/C42H48N10O4/c1-4-48-17-19-49(20-18-48)40(53)37-14-9-33(27-43-37)52-16-15-36-38(46-42(47-39(36)52)50-21-23-56-24-22-50)32-25-44-41(45-26-32)51(28-30-5-10-34(54-2)11-6-30)29-31-7-12-35(55-3)13-8-31/h5-14,25-27H,4,15-24,28-29H2,1-3H3. The molecular formula is C42H48N10O4. The number of rotatable bonds is 12. The molecule has 2 saturated heterocycles. The highest BCUT2D eigenvalue weighted by Gasteiger charge is 2.30. The summed E-state index contributed by atoms with van der Waals surface area (Å²) in [5, 5.41) is 0. The molecule has 3 aliphatic rings. The fourth-order valence-electron chi connectivity index (χ4n) is 7.45. The number of carbonyl (C=O) groups is 1. The lowest BCUT2D eigenvalue weighted by Gasteiger charge is -2.33. The molecule has 14 nitrogen and oxygen atoms in total. The first-order chi connectivity index (χ1) is 27.5. The van der Waals surface area contributed by atoms with Gasteiger partial charge in [0.05, 0.1) is 45.0 Å². The number of ether oxygens (including phenoxy) is 3. The predicted octanol–water partition coefficient (Wildman–Crippen LogP) is 4.86. The minimum Gasteiger partial charge on any atom is -0.497 e. The van der Waals surface area contributed by atoms with E-state index >= 15 is 0 Å². The Morgan fingerprint density at radius 1 is 0.750 bits per heavy atom. The molecule has 0 atom stereocenters. The lowest BCUT2D eigenvalue weighted by Crippen LogP contribution is -2.48. The summed E-state index contributed by atoms with van der Waals surface area (Å²) >= 11 is 0. The molecule has 0 spiro atoms. The molecule has 0 bridgehead atoms. The largest absolute Gasteiger partial charge is 0.497 e. The number of hydrogen-bond acceptors (Lipinski definition) is 13. The summed E-state index contributed by atoms with van der Waals surface area (Å²) in [6.45, 7) is 10.9. The molecule has 3 aliphatic heterocycles. The second kappa shape index (κ2) is 16.9. The summed E-state index contributed by atoms with van der Waals surface area (Å²) in [6, 6.07) is 19.9. The lowest BCUT2D eigenvalue weighted by molar-refractivity contribution is 0.0637. The Hall–Kier alpha value is -5.86. The Morgan fingerprint density at radius 3 is 1.96 bits per heavy atom. The molecule has 0 N–H and O–H groups in total. The first-order valence-corrected chi connectivity index (χ1v) is 19.3. The maximum absolute atomic E-state index is 13.3. The highest BCUT2D eigenvalue weighted by atomic mass is 16.5. The smallest absolute Gasteiger partial charge is 0.272 e. The molecule has 14 heteroatoms. The molecule has 0 unspecified atom stereocenters. The summed E-state index contributed by atoms with van der Waals surface area (Å²) in [6.07, 6.45) is 6.26. The van der Waals surface area contributed by atoms with Crippen LogP contribution in [0.15, 0.2) is 79.3 Å². The molecule has 1 amide bonds. The van der Waals surface area contributed by atoms with E-state index < -0.39 is 0 Å². The molecule has 6 heterocycles. The van der Waals surface area contributed by atoms with E-state index in [1.54, 1.807) is 20.4 Å². The van der Waals surface area contributed by atoms with Crippen LogP contribution < -0.4 is 24.2 Å². The highest BCUT2D eigenvalue weighted by molar-refractivity contribution is 5.92. The van der Waals surface area contributed by atoms with Gasteiger partial charge in [-0.2, -0.15) is 4.98 Å². The molecule has 8 rings (SSSR count). The number of pyridine rings is 1. The van der Waals surface area contributed by atoms with Crippen LogP contribution in [0, 0.1) is 0 Å². The van der Waals surface area contributed by atoms with Crippen molar-refractivity contribution in [2.45, 2.75) is 26.4 Å². The monoisotopic (exact) mass is 756 g/mol. The number of hydrogen-bond donors (Lipinski definition) is 0. The number of nitrogens with zero attached hydrogens (tertiary/aromatic N) is 10. The number of anilines is 4. The van der Waals surface area contributed by atoms with Crippen LogP contribution in [0.3, 0.4) is 0 Å². The number of carbonyl (C=O) groups excluding carboxylic acids is 1. The molecule has 0 saturated carbocycles. The summed E-state index contributed by atoms with van der Waals surface area (Å²) in [5.74, 6) is 3.67. The number of benzene rings is 2. The van der Waals surface area contributed by atoms with Crippen molar-refractivity contribution in [3.63, 3.8) is 0 Å². The van der Waals surface area contributed by atoms with Gasteiger partial charge in [0.2, 0.25) is 11.9 Å². The molecule has 0 radical (unpaired) electrons. The lowest BCUT2D eigenvalue weighted by atomic mass is 10.1. The zero-order chi connectivity index (χ0) is 38.4. The van der Waals surface area contributed by atoms with Gasteiger partial charge in [0, 0.05) is 82.4 Å². The third-order valence-electron chi connectivity index (χ3n) is 10.8. The average molecular weight is 757 g/mol. The van der Waals surface area contributed by atoms with Gasteiger partial charge in [0.15, 0.2) is 0 Å². The van der Waals surface area contributed by atoms with Gasteiger partial charge < -0.3 is 38.7 Å². The second-order valence-corrected chi connectivity index (χ2v) is 14.1. The molecular weight excluding hydrogens is 709 g/mol. The van der Waals surface area contributed by atoms with E-state index in [1.807, 2.05) is 53.7 Å². The maximum atomic E-state index is 13.3. The van der Waals surface area contributed by atoms with Crippen LogP contribution in [0.2, 0.25) is 0 Å². The van der Waals surface area contributed by atoms with Crippen molar-refractivity contribution < 1.29 is 19.0 Å². The van der Waals surface area contributed by atoms with Crippen LogP contribution in [-0.2, 0) is 24.2 Å². The van der Waals surface area contributed by atoms with Crippen molar-refractivity contribution in [3.05, 3.63) is 102 Å². The number of amides is 1. The molecule has 290 valence electrons. The summed E-state index contributed by atoms with van der Waals surface area (Å²) in [7, 11) is 3.34. The van der Waals surface area contributed by atoms with Crippen LogP contribution in [0.4, 0.5) is 23.4 Å². The average Bonchev–Trinajstić information content (AvgIpc) is 3.71. The predicted molar refractivity (Wildman–Crippen MR) is 215 cm³/mol. The van der Waals surface area contributed by atoms with Crippen molar-refractivity contribution in [1.29, 1.82) is 0 Å². The van der Waals surface area contributed by atoms with E-state index in [0.29, 0.717) is 76.6 Å². The van der Waals surface area contributed by atoms with E-state index in [-0.39, 0.29) is 5.91 Å². The number of morpholine rings is 1. The Labute approximate surface area is 327 Å².